The molecule has 0 aromatic carbocycles. The molecule has 0 fully saturated rings. The molecule has 0 atom stereocenters. The summed E-state index contributed by atoms with van der Waals surface area (Å²) in [7, 11) is 1.75. The van der Waals surface area contributed by atoms with Crippen LogP contribution in [-0.4, -0.2) is 43.2 Å². The first-order valence-electron chi connectivity index (χ1n) is 6.36. The fraction of sp³-hybridized carbons (Fsp3) is 0.917. The lowest BCUT2D eigenvalue weighted by Gasteiger charge is -2.31. The van der Waals surface area contributed by atoms with Crippen LogP contribution in [0.25, 0.3) is 0 Å². The van der Waals surface area contributed by atoms with Crippen molar-refractivity contribution in [2.45, 2.75) is 51.7 Å². The van der Waals surface area contributed by atoms with Gasteiger partial charge < -0.3 is 10.2 Å². The lowest BCUT2D eigenvalue weighted by atomic mass is 10.1. The maximum atomic E-state index is 12.5. The number of nitrogens with zero attached hydrogens (tertiary/aromatic N) is 1. The predicted molar refractivity (Wildman–Crippen MR) is 65.3 cm³/mol. The Bertz CT molecular complexity index is 240. The summed E-state index contributed by atoms with van der Waals surface area (Å²) in [6, 6.07) is -0.325. The lowest BCUT2D eigenvalue weighted by molar-refractivity contribution is -0.166. The van der Waals surface area contributed by atoms with E-state index < -0.39 is 18.6 Å². The summed E-state index contributed by atoms with van der Waals surface area (Å²) in [4.78, 5) is 12.8. The Labute approximate surface area is 107 Å². The maximum Gasteiger partial charge on any atom is 0.406 e. The van der Waals surface area contributed by atoms with E-state index in [0.717, 1.165) is 4.90 Å². The second-order valence-corrected chi connectivity index (χ2v) is 4.31. The molecule has 0 unspecified atom stereocenters. The van der Waals surface area contributed by atoms with E-state index >= 15 is 0 Å². The quantitative estimate of drug-likeness (QED) is 0.686. The average Bonchev–Trinajstić information content (AvgIpc) is 2.28. The molecular formula is C12H23F3N2O. The number of hydrogen-bond donors (Lipinski definition) is 1. The van der Waals surface area contributed by atoms with Gasteiger partial charge in [0.15, 0.2) is 0 Å². The number of halogens is 3. The molecule has 1 amide bonds. The van der Waals surface area contributed by atoms with Crippen molar-refractivity contribution in [1.82, 2.24) is 10.2 Å². The highest BCUT2D eigenvalue weighted by Gasteiger charge is 2.35. The third kappa shape index (κ3) is 6.83. The molecule has 0 bridgehead atoms. The minimum absolute atomic E-state index is 0.160. The van der Waals surface area contributed by atoms with Crippen molar-refractivity contribution in [1.29, 1.82) is 0 Å². The topological polar surface area (TPSA) is 32.3 Å². The van der Waals surface area contributed by atoms with Crippen LogP contribution in [-0.2, 0) is 4.79 Å². The molecule has 0 saturated carbocycles. The third-order valence-corrected chi connectivity index (χ3v) is 2.87. The zero-order chi connectivity index (χ0) is 14.2. The summed E-state index contributed by atoms with van der Waals surface area (Å²) in [6.07, 6.45) is -2.52. The normalized spacial score (nSPS) is 11.9. The van der Waals surface area contributed by atoms with E-state index in [-0.39, 0.29) is 12.5 Å². The van der Waals surface area contributed by atoms with Crippen LogP contribution in [0, 0.1) is 0 Å². The van der Waals surface area contributed by atoms with E-state index in [4.69, 9.17) is 0 Å². The molecule has 0 spiro atoms. The number of amides is 1. The molecule has 0 aromatic heterocycles. The van der Waals surface area contributed by atoms with Crippen molar-refractivity contribution in [2.75, 3.05) is 20.1 Å². The monoisotopic (exact) mass is 268 g/mol. The molecule has 0 rings (SSSR count). The summed E-state index contributed by atoms with van der Waals surface area (Å²) >= 11 is 0. The molecule has 0 heterocycles. The number of rotatable bonds is 8. The van der Waals surface area contributed by atoms with Crippen molar-refractivity contribution < 1.29 is 18.0 Å². The third-order valence-electron chi connectivity index (χ3n) is 2.87. The Morgan fingerprint density at radius 1 is 1.28 bits per heavy atom. The standard InChI is InChI=1S/C12H23F3N2O/c1-4-10(5-2)17(9-12(13,14)15)11(18)7-6-8-16-3/h10,16H,4-9H2,1-3H3. The van der Waals surface area contributed by atoms with E-state index in [9.17, 15) is 18.0 Å². The highest BCUT2D eigenvalue weighted by atomic mass is 19.4. The van der Waals surface area contributed by atoms with Crippen LogP contribution >= 0.6 is 0 Å². The van der Waals surface area contributed by atoms with Gasteiger partial charge in [-0.3, -0.25) is 4.79 Å². The number of carbonyl (C=O) groups excluding carboxylic acids is 1. The van der Waals surface area contributed by atoms with Crippen molar-refractivity contribution in [3.8, 4) is 0 Å². The van der Waals surface area contributed by atoms with Crippen molar-refractivity contribution in [3.05, 3.63) is 0 Å². The van der Waals surface area contributed by atoms with Crippen molar-refractivity contribution in [2.24, 2.45) is 0 Å². The number of carbonyl (C=O) groups is 1. The van der Waals surface area contributed by atoms with Crippen molar-refractivity contribution in [3.63, 3.8) is 0 Å². The van der Waals surface area contributed by atoms with Gasteiger partial charge in [0.05, 0.1) is 0 Å². The Hall–Kier alpha value is -0.780. The smallest absolute Gasteiger partial charge is 0.331 e. The van der Waals surface area contributed by atoms with Crippen LogP contribution in [0.2, 0.25) is 0 Å². The molecule has 1 N–H and O–H groups in total. The van der Waals surface area contributed by atoms with E-state index in [0.29, 0.717) is 25.8 Å². The Balaban J connectivity index is 4.58. The van der Waals surface area contributed by atoms with Crippen LogP contribution in [0.15, 0.2) is 0 Å². The lowest BCUT2D eigenvalue weighted by Crippen LogP contribution is -2.45. The number of nitrogens with one attached hydrogen (secondary N) is 1. The van der Waals surface area contributed by atoms with Crippen LogP contribution in [0.3, 0.4) is 0 Å². The minimum Gasteiger partial charge on any atom is -0.331 e. The first-order chi connectivity index (χ1) is 8.35. The van der Waals surface area contributed by atoms with Crippen LogP contribution in [0.4, 0.5) is 13.2 Å². The average molecular weight is 268 g/mol. The zero-order valence-electron chi connectivity index (χ0n) is 11.3. The summed E-state index contributed by atoms with van der Waals surface area (Å²) in [5, 5.41) is 2.87. The summed E-state index contributed by atoms with van der Waals surface area (Å²) in [5.74, 6) is -0.406. The van der Waals surface area contributed by atoms with Gasteiger partial charge in [-0.15, -0.1) is 0 Å². The van der Waals surface area contributed by atoms with Gasteiger partial charge in [-0.2, -0.15) is 13.2 Å². The van der Waals surface area contributed by atoms with Crippen LogP contribution in [0.5, 0.6) is 0 Å². The van der Waals surface area contributed by atoms with E-state index in [2.05, 4.69) is 5.32 Å². The first kappa shape index (κ1) is 17.2. The van der Waals surface area contributed by atoms with Crippen LogP contribution in [0.1, 0.15) is 39.5 Å². The summed E-state index contributed by atoms with van der Waals surface area (Å²) in [5.41, 5.74) is 0. The molecule has 18 heavy (non-hydrogen) atoms. The van der Waals surface area contributed by atoms with Gasteiger partial charge in [0.2, 0.25) is 5.91 Å². The highest BCUT2D eigenvalue weighted by molar-refractivity contribution is 5.76. The molecule has 0 aliphatic carbocycles. The van der Waals surface area contributed by atoms with Gasteiger partial charge in [0.25, 0.3) is 0 Å². The largest absolute Gasteiger partial charge is 0.406 e. The maximum absolute atomic E-state index is 12.5. The Morgan fingerprint density at radius 3 is 2.22 bits per heavy atom. The van der Waals surface area contributed by atoms with Crippen LogP contribution < -0.4 is 5.32 Å². The summed E-state index contributed by atoms with van der Waals surface area (Å²) in [6.45, 7) is 3.10. The van der Waals surface area contributed by atoms with Crippen molar-refractivity contribution >= 4 is 5.91 Å². The molecule has 0 aliphatic heterocycles. The van der Waals surface area contributed by atoms with E-state index in [1.165, 1.54) is 0 Å². The van der Waals surface area contributed by atoms with Gasteiger partial charge in [-0.05, 0) is 32.9 Å². The molecule has 0 aliphatic rings. The number of alkyl halides is 3. The second-order valence-electron chi connectivity index (χ2n) is 4.31. The second kappa shape index (κ2) is 8.34. The fourth-order valence-corrected chi connectivity index (χ4v) is 1.90. The molecule has 0 aromatic rings. The van der Waals surface area contributed by atoms with Gasteiger partial charge in [0.1, 0.15) is 6.54 Å². The van der Waals surface area contributed by atoms with Gasteiger partial charge >= 0.3 is 6.18 Å². The molecular weight excluding hydrogens is 245 g/mol. The van der Waals surface area contributed by atoms with Gasteiger partial charge in [0, 0.05) is 12.5 Å². The van der Waals surface area contributed by atoms with Gasteiger partial charge in [-0.1, -0.05) is 13.8 Å². The molecule has 0 saturated heterocycles. The zero-order valence-corrected chi connectivity index (χ0v) is 11.3. The molecule has 0 radical (unpaired) electrons. The molecule has 3 nitrogen and oxygen atoms in total. The molecule has 6 heteroatoms. The Morgan fingerprint density at radius 2 is 1.83 bits per heavy atom. The van der Waals surface area contributed by atoms with Gasteiger partial charge in [-0.25, -0.2) is 0 Å². The Kier molecular flexibility index (Phi) is 7.98. The SMILES string of the molecule is CCC(CC)N(CC(F)(F)F)C(=O)CCCNC. The summed E-state index contributed by atoms with van der Waals surface area (Å²) < 4.78 is 37.4. The highest BCUT2D eigenvalue weighted by Crippen LogP contribution is 2.21. The van der Waals surface area contributed by atoms with E-state index in [1.54, 1.807) is 20.9 Å². The fourth-order valence-electron chi connectivity index (χ4n) is 1.90. The molecule has 108 valence electrons. The predicted octanol–water partition coefficient (Wildman–Crippen LogP) is 2.57. The number of hydrogen-bond acceptors (Lipinski definition) is 2. The first-order valence-corrected chi connectivity index (χ1v) is 6.36. The minimum atomic E-state index is -4.33. The van der Waals surface area contributed by atoms with E-state index in [1.807, 2.05) is 0 Å².